The SMILES string of the molecule is C=Cc1c(/C=C\C)n(-c2ccc3oc4ccc(-c5cccc(-c6ccc7oc8ccc(-n9c%10ccccc%10c%10cc(-c%11ccc%12c(c%11)c%11ccccc%11n%12-c%11cccc([Si](c%12ccccc%12)(c%12ccccc%12)c%12cccc(-c%13cc(-c%14ccc%15c(c%14)sc%14c([Si](c%16ccccc%16)(c%16ccccc%16)c%16cccc%17c%16sc%16ccccc%16%17)cccc%14%15)cc%14c%13sc%13ccccc%13%14)c%12)c%11)ccc%109)cc8c7c6)c5)cc4c3c2)c2ccccc12. The molecular weight excluding hydrogens is 1900 g/mol. The molecule has 0 aliphatic carbocycles. The smallest absolute Gasteiger partial charge is 0.182 e. The third kappa shape index (κ3) is 13.4. The van der Waals surface area contributed by atoms with Gasteiger partial charge in [-0.2, -0.15) is 0 Å². The Bertz CT molecular complexity index is 10800. The molecule has 0 amide bonds. The molecule has 0 N–H and O–H groups in total. The van der Waals surface area contributed by atoms with E-state index in [1.165, 1.54) is 151 Å². The highest BCUT2D eigenvalue weighted by Crippen LogP contribution is 2.49. The molecule has 8 aromatic heterocycles. The Labute approximate surface area is 872 Å². The molecule has 0 aliphatic rings. The van der Waals surface area contributed by atoms with Crippen molar-refractivity contribution >= 4 is 263 Å². The van der Waals surface area contributed by atoms with Crippen LogP contribution in [0.25, 0.3) is 244 Å². The topological polar surface area (TPSA) is 41.1 Å². The number of benzene rings is 22. The van der Waals surface area contributed by atoms with Crippen molar-refractivity contribution in [2.45, 2.75) is 6.92 Å². The van der Waals surface area contributed by atoms with Crippen molar-refractivity contribution in [2.75, 3.05) is 0 Å². The Balaban J connectivity index is 0.502. The molecule has 30 rings (SSSR count). The fraction of sp³-hybridized carbons (Fsp3) is 0.00719. The summed E-state index contributed by atoms with van der Waals surface area (Å²) >= 11 is 5.82. The van der Waals surface area contributed by atoms with Crippen LogP contribution in [0.4, 0.5) is 0 Å². The molecule has 0 aliphatic heterocycles. The highest BCUT2D eigenvalue weighted by atomic mass is 32.1. The molecule has 698 valence electrons. The van der Waals surface area contributed by atoms with E-state index in [0.717, 1.165) is 133 Å². The molecule has 0 spiro atoms. The predicted octanol–water partition coefficient (Wildman–Crippen LogP) is 33.5. The van der Waals surface area contributed by atoms with Crippen molar-refractivity contribution in [3.63, 3.8) is 0 Å². The lowest BCUT2D eigenvalue weighted by Gasteiger charge is -2.35. The van der Waals surface area contributed by atoms with Gasteiger partial charge in [0.1, 0.15) is 22.3 Å². The van der Waals surface area contributed by atoms with Crippen molar-refractivity contribution in [1.82, 2.24) is 13.7 Å². The van der Waals surface area contributed by atoms with Crippen LogP contribution >= 0.6 is 34.0 Å². The Morgan fingerprint density at radius 3 is 1.13 bits per heavy atom. The van der Waals surface area contributed by atoms with Crippen LogP contribution in [0.5, 0.6) is 0 Å². The fourth-order valence-corrected chi connectivity index (χ4v) is 39.4. The van der Waals surface area contributed by atoms with Crippen molar-refractivity contribution < 1.29 is 8.83 Å². The molecule has 149 heavy (non-hydrogen) atoms. The zero-order chi connectivity index (χ0) is 98.3. The first-order valence-corrected chi connectivity index (χ1v) is 57.5. The number of furan rings is 2. The summed E-state index contributed by atoms with van der Waals surface area (Å²) in [6, 6.07) is 186. The van der Waals surface area contributed by atoms with Gasteiger partial charge in [-0.1, -0.05) is 358 Å². The lowest BCUT2D eigenvalue weighted by molar-refractivity contribution is 0.668. The van der Waals surface area contributed by atoms with Gasteiger partial charge in [-0.15, -0.1) is 34.0 Å². The molecule has 0 unspecified atom stereocenters. The summed E-state index contributed by atoms with van der Waals surface area (Å²) in [5.74, 6) is 0. The number of nitrogens with zero attached hydrogens (tertiary/aromatic N) is 3. The summed E-state index contributed by atoms with van der Waals surface area (Å²) < 4.78 is 28.4. The molecule has 30 aromatic rings. The predicted molar refractivity (Wildman–Crippen MR) is 644 cm³/mol. The number of fused-ring (bicyclic) bond motifs is 22. The monoisotopic (exact) mass is 1980 g/mol. The van der Waals surface area contributed by atoms with Gasteiger partial charge in [-0.3, -0.25) is 0 Å². The molecular formula is C139H89N3O2S3Si2. The van der Waals surface area contributed by atoms with Crippen LogP contribution in [0, 0.1) is 0 Å². The summed E-state index contributed by atoms with van der Waals surface area (Å²) in [5.41, 5.74) is 26.1. The minimum Gasteiger partial charge on any atom is -0.456 e. The number of para-hydroxylation sites is 3. The molecule has 0 saturated heterocycles. The largest absolute Gasteiger partial charge is 0.456 e. The zero-order valence-electron chi connectivity index (χ0n) is 81.1. The first-order chi connectivity index (χ1) is 73.7. The second kappa shape index (κ2) is 34.4. The quantitative estimate of drug-likeness (QED) is 0.0635. The van der Waals surface area contributed by atoms with E-state index < -0.39 is 16.1 Å². The van der Waals surface area contributed by atoms with Crippen molar-refractivity contribution in [2.24, 2.45) is 0 Å². The number of rotatable bonds is 18. The molecule has 5 nitrogen and oxygen atoms in total. The molecule has 10 heteroatoms. The van der Waals surface area contributed by atoms with Crippen LogP contribution in [0.15, 0.2) is 513 Å². The number of aromatic nitrogens is 3. The number of hydrogen-bond donors (Lipinski definition) is 0. The fourth-order valence-electron chi connectivity index (χ4n) is 25.0. The Kier molecular flexibility index (Phi) is 20.0. The van der Waals surface area contributed by atoms with Gasteiger partial charge < -0.3 is 22.5 Å². The second-order valence-corrected chi connectivity index (χ2v) is 50.2. The van der Waals surface area contributed by atoms with Gasteiger partial charge in [0.25, 0.3) is 0 Å². The second-order valence-electron chi connectivity index (χ2n) is 39.5. The summed E-state index contributed by atoms with van der Waals surface area (Å²) in [7, 11) is -6.36. The van der Waals surface area contributed by atoms with Crippen LogP contribution in [-0.4, -0.2) is 29.8 Å². The highest BCUT2D eigenvalue weighted by Gasteiger charge is 2.46. The van der Waals surface area contributed by atoms with Gasteiger partial charge in [0.05, 0.1) is 33.3 Å². The highest BCUT2D eigenvalue weighted by molar-refractivity contribution is 7.34. The van der Waals surface area contributed by atoms with E-state index in [0.29, 0.717) is 0 Å². The molecule has 0 saturated carbocycles. The van der Waals surface area contributed by atoms with E-state index in [9.17, 15) is 0 Å². The number of hydrogen-bond acceptors (Lipinski definition) is 5. The molecule has 22 aromatic carbocycles. The number of allylic oxidation sites excluding steroid dienone is 1. The van der Waals surface area contributed by atoms with E-state index in [-0.39, 0.29) is 0 Å². The van der Waals surface area contributed by atoms with Crippen LogP contribution in [0.3, 0.4) is 0 Å². The van der Waals surface area contributed by atoms with Crippen LogP contribution in [0.2, 0.25) is 0 Å². The van der Waals surface area contributed by atoms with Crippen LogP contribution in [-0.2, 0) is 0 Å². The van der Waals surface area contributed by atoms with E-state index in [2.05, 4.69) is 531 Å². The minimum absolute atomic E-state index is 0.844. The van der Waals surface area contributed by atoms with Crippen LogP contribution < -0.4 is 41.5 Å². The maximum absolute atomic E-state index is 6.72. The molecule has 0 bridgehead atoms. The molecule has 0 radical (unpaired) electrons. The lowest BCUT2D eigenvalue weighted by atomic mass is 9.95. The minimum atomic E-state index is -3.27. The van der Waals surface area contributed by atoms with Gasteiger partial charge >= 0.3 is 0 Å². The lowest BCUT2D eigenvalue weighted by Crippen LogP contribution is -2.74. The van der Waals surface area contributed by atoms with Gasteiger partial charge in [-0.05, 0) is 256 Å². The zero-order valence-corrected chi connectivity index (χ0v) is 85.5. The Morgan fingerprint density at radius 1 is 0.221 bits per heavy atom. The van der Waals surface area contributed by atoms with Gasteiger partial charge in [0.2, 0.25) is 0 Å². The van der Waals surface area contributed by atoms with Gasteiger partial charge in [0, 0.05) is 137 Å². The summed E-state index contributed by atoms with van der Waals surface area (Å²) in [5, 5.41) is 28.8. The first-order valence-electron chi connectivity index (χ1n) is 51.0. The van der Waals surface area contributed by atoms with Gasteiger partial charge in [0.15, 0.2) is 16.1 Å². The third-order valence-corrected chi connectivity index (χ3v) is 45.2. The average molecular weight is 1990 g/mol. The van der Waals surface area contributed by atoms with E-state index in [4.69, 9.17) is 8.83 Å². The van der Waals surface area contributed by atoms with Crippen molar-refractivity contribution in [1.29, 1.82) is 0 Å². The normalized spacial score (nSPS) is 12.3. The summed E-state index contributed by atoms with van der Waals surface area (Å²) in [6.45, 7) is 6.30. The summed E-state index contributed by atoms with van der Waals surface area (Å²) in [6.07, 6.45) is 6.24. The van der Waals surface area contributed by atoms with Crippen LogP contribution in [0.1, 0.15) is 18.2 Å². The van der Waals surface area contributed by atoms with E-state index >= 15 is 0 Å². The van der Waals surface area contributed by atoms with E-state index in [1.54, 1.807) is 0 Å². The standard InChI is InChI=1S/C139H89N3O2S3Si2/c1-3-32-122-105(4-2)106-47-17-22-54-123(106)141(122)97-66-73-130-119(85-97)117-79-91(64-71-128(117)143-130)87-33-27-34-88(75-87)92-65-72-129-118(80-92)120-86-98(67-74-131(120)144-129)142-125-56-24-19-49-108(125)116-78-90(63-70-127(116)142)89-62-69-126-115(77-89)107-48-18-23-55-124(107)140(126)96-36-29-46-104(84-96)148(99-37-9-5-10-38-99,100-39-11-6-12-40-100)103-45-28-35-94(76-103)114-81-95(82-121-110-51-21-26-58-133(110)145-137(114)121)93-61-68-111-113-53-31-60-136(139(113)147-134(111)83-93)149(101-41-13-7-14-42-101,102-43-15-8-16-44-102)135-59-30-52-112-109-50-20-25-57-132(109)146-138(112)135/h3-86H,2H2,1H3/b32-3-. The molecule has 0 atom stereocenters. The maximum atomic E-state index is 6.72. The Morgan fingerprint density at radius 2 is 0.584 bits per heavy atom. The average Bonchev–Trinajstić information content (AvgIpc) is 1.71. The number of thiophene rings is 3. The third-order valence-electron chi connectivity index (χ3n) is 31.6. The molecule has 8 heterocycles. The maximum Gasteiger partial charge on any atom is 0.182 e. The van der Waals surface area contributed by atoms with Gasteiger partial charge in [-0.25, -0.2) is 0 Å². The molecule has 0 fully saturated rings. The van der Waals surface area contributed by atoms with E-state index in [1.807, 2.05) is 40.1 Å². The summed E-state index contributed by atoms with van der Waals surface area (Å²) in [4.78, 5) is 0. The van der Waals surface area contributed by atoms with Crippen molar-refractivity contribution in [3.05, 3.63) is 515 Å². The first kappa shape index (κ1) is 86.6. The Hall–Kier alpha value is -17.8. The van der Waals surface area contributed by atoms with Crippen molar-refractivity contribution in [3.8, 4) is 72.7 Å².